The summed E-state index contributed by atoms with van der Waals surface area (Å²) < 4.78 is 0. The van der Waals surface area contributed by atoms with E-state index in [4.69, 9.17) is 0 Å². The first-order valence-corrected chi connectivity index (χ1v) is 5.67. The lowest BCUT2D eigenvalue weighted by Gasteiger charge is -2.26. The molecule has 1 aliphatic rings. The Morgan fingerprint density at radius 2 is 2.20 bits per heavy atom. The maximum Gasteiger partial charge on any atom is 0.151 e. The largest absolute Gasteiger partial charge is 0.298 e. The van der Waals surface area contributed by atoms with Crippen LogP contribution in [0.3, 0.4) is 0 Å². The van der Waals surface area contributed by atoms with E-state index in [1.54, 1.807) is 0 Å². The van der Waals surface area contributed by atoms with Gasteiger partial charge in [-0.25, -0.2) is 0 Å². The van der Waals surface area contributed by atoms with E-state index in [0.29, 0.717) is 11.8 Å². The van der Waals surface area contributed by atoms with Gasteiger partial charge in [0.2, 0.25) is 0 Å². The van der Waals surface area contributed by atoms with Crippen molar-refractivity contribution >= 4 is 6.29 Å². The number of carbonyl (C=O) groups excluding carboxylic acids is 1. The number of carbonyl (C=O) groups is 1. The van der Waals surface area contributed by atoms with E-state index >= 15 is 0 Å². The van der Waals surface area contributed by atoms with Crippen LogP contribution in [0.25, 0.3) is 0 Å². The lowest BCUT2D eigenvalue weighted by molar-refractivity contribution is 0.112. The molecular formula is C13H17NO. The molecule has 80 valence electrons. The summed E-state index contributed by atoms with van der Waals surface area (Å²) in [6.07, 6.45) is 6.70. The average Bonchev–Trinajstić information content (AvgIpc) is 2.14. The summed E-state index contributed by atoms with van der Waals surface area (Å²) in [7, 11) is 0. The molecule has 0 unspecified atom stereocenters. The molecule has 1 aliphatic carbocycles. The van der Waals surface area contributed by atoms with Crippen molar-refractivity contribution in [2.45, 2.75) is 44.9 Å². The standard InChI is InChI=1S/C13H17NO/c1-9(2)13-12(8-15)6-11(7-14-13)10-4-3-5-10/h6-10H,3-5H2,1-2H3. The second-order valence-electron chi connectivity index (χ2n) is 4.64. The molecule has 2 heteroatoms. The third-order valence-corrected chi connectivity index (χ3v) is 3.22. The quantitative estimate of drug-likeness (QED) is 0.705. The fourth-order valence-electron chi connectivity index (χ4n) is 2.05. The zero-order valence-corrected chi connectivity index (χ0v) is 9.36. The molecular weight excluding hydrogens is 186 g/mol. The Hall–Kier alpha value is -1.18. The summed E-state index contributed by atoms with van der Waals surface area (Å²) in [6, 6.07) is 2.03. The number of aromatic nitrogens is 1. The second-order valence-corrected chi connectivity index (χ2v) is 4.64. The molecule has 1 aromatic heterocycles. The minimum atomic E-state index is 0.320. The van der Waals surface area contributed by atoms with Gasteiger partial charge in [-0.05, 0) is 36.3 Å². The number of nitrogens with zero attached hydrogens (tertiary/aromatic N) is 1. The summed E-state index contributed by atoms with van der Waals surface area (Å²) in [4.78, 5) is 15.4. The van der Waals surface area contributed by atoms with Gasteiger partial charge >= 0.3 is 0 Å². The minimum absolute atomic E-state index is 0.320. The second kappa shape index (κ2) is 4.13. The van der Waals surface area contributed by atoms with Gasteiger partial charge in [0.15, 0.2) is 6.29 Å². The third kappa shape index (κ3) is 1.94. The van der Waals surface area contributed by atoms with Crippen molar-refractivity contribution in [3.05, 3.63) is 29.1 Å². The van der Waals surface area contributed by atoms with E-state index in [1.807, 2.05) is 12.3 Å². The van der Waals surface area contributed by atoms with Gasteiger partial charge in [0.1, 0.15) is 0 Å². The van der Waals surface area contributed by atoms with Crippen molar-refractivity contribution in [1.29, 1.82) is 0 Å². The first-order valence-electron chi connectivity index (χ1n) is 5.67. The van der Waals surface area contributed by atoms with Gasteiger partial charge in [-0.2, -0.15) is 0 Å². The number of pyridine rings is 1. The van der Waals surface area contributed by atoms with Gasteiger partial charge < -0.3 is 0 Å². The average molecular weight is 203 g/mol. The Balaban J connectivity index is 2.33. The van der Waals surface area contributed by atoms with Crippen LogP contribution in [0.4, 0.5) is 0 Å². The van der Waals surface area contributed by atoms with E-state index < -0.39 is 0 Å². The highest BCUT2D eigenvalue weighted by Crippen LogP contribution is 2.36. The smallest absolute Gasteiger partial charge is 0.151 e. The SMILES string of the molecule is CC(C)c1ncc(C2CCC2)cc1C=O. The number of hydrogen-bond donors (Lipinski definition) is 0. The molecule has 0 saturated heterocycles. The molecule has 1 saturated carbocycles. The van der Waals surface area contributed by atoms with Crippen LogP contribution >= 0.6 is 0 Å². The Bertz CT molecular complexity index is 367. The highest BCUT2D eigenvalue weighted by molar-refractivity contribution is 5.77. The van der Waals surface area contributed by atoms with Crippen molar-refractivity contribution in [2.24, 2.45) is 0 Å². The maximum absolute atomic E-state index is 11.0. The van der Waals surface area contributed by atoms with E-state index in [1.165, 1.54) is 24.8 Å². The van der Waals surface area contributed by atoms with Crippen LogP contribution in [-0.4, -0.2) is 11.3 Å². The van der Waals surface area contributed by atoms with Gasteiger partial charge in [0, 0.05) is 11.8 Å². The van der Waals surface area contributed by atoms with Crippen LogP contribution in [0.2, 0.25) is 0 Å². The fraction of sp³-hybridized carbons (Fsp3) is 0.538. The molecule has 1 fully saturated rings. The van der Waals surface area contributed by atoms with E-state index in [0.717, 1.165) is 17.5 Å². The van der Waals surface area contributed by atoms with Crippen LogP contribution in [0.15, 0.2) is 12.3 Å². The van der Waals surface area contributed by atoms with Crippen molar-refractivity contribution in [3.63, 3.8) is 0 Å². The molecule has 0 N–H and O–H groups in total. The molecule has 1 heterocycles. The monoisotopic (exact) mass is 203 g/mol. The highest BCUT2D eigenvalue weighted by Gasteiger charge is 2.21. The highest BCUT2D eigenvalue weighted by atomic mass is 16.1. The molecule has 0 bridgehead atoms. The topological polar surface area (TPSA) is 30.0 Å². The van der Waals surface area contributed by atoms with Gasteiger partial charge in [-0.1, -0.05) is 20.3 Å². The lowest BCUT2D eigenvalue weighted by atomic mass is 9.80. The summed E-state index contributed by atoms with van der Waals surface area (Å²) in [5.74, 6) is 0.970. The van der Waals surface area contributed by atoms with Crippen LogP contribution in [0, 0.1) is 0 Å². The zero-order chi connectivity index (χ0) is 10.8. The van der Waals surface area contributed by atoms with Crippen molar-refractivity contribution < 1.29 is 4.79 Å². The van der Waals surface area contributed by atoms with Crippen LogP contribution < -0.4 is 0 Å². The predicted molar refractivity (Wildman–Crippen MR) is 60.3 cm³/mol. The molecule has 2 rings (SSSR count). The number of rotatable bonds is 3. The van der Waals surface area contributed by atoms with Crippen LogP contribution in [0.5, 0.6) is 0 Å². The van der Waals surface area contributed by atoms with E-state index in [2.05, 4.69) is 18.8 Å². The van der Waals surface area contributed by atoms with E-state index in [-0.39, 0.29) is 0 Å². The Morgan fingerprint density at radius 3 is 2.67 bits per heavy atom. The normalized spacial score (nSPS) is 16.5. The Labute approximate surface area is 90.7 Å². The summed E-state index contributed by atoms with van der Waals surface area (Å²) in [6.45, 7) is 4.14. The summed E-state index contributed by atoms with van der Waals surface area (Å²) in [5.41, 5.74) is 2.94. The number of hydrogen-bond acceptors (Lipinski definition) is 2. The first-order chi connectivity index (χ1) is 7.22. The lowest BCUT2D eigenvalue weighted by Crippen LogP contribution is -2.11. The molecule has 15 heavy (non-hydrogen) atoms. The maximum atomic E-state index is 11.0. The molecule has 2 nitrogen and oxygen atoms in total. The molecule has 0 spiro atoms. The first kappa shape index (κ1) is 10.3. The molecule has 0 atom stereocenters. The Morgan fingerprint density at radius 1 is 1.47 bits per heavy atom. The zero-order valence-electron chi connectivity index (χ0n) is 9.36. The van der Waals surface area contributed by atoms with Crippen LogP contribution in [-0.2, 0) is 0 Å². The third-order valence-electron chi connectivity index (χ3n) is 3.22. The van der Waals surface area contributed by atoms with Crippen molar-refractivity contribution in [3.8, 4) is 0 Å². The predicted octanol–water partition coefficient (Wildman–Crippen LogP) is 3.29. The molecule has 0 radical (unpaired) electrons. The number of aldehydes is 1. The van der Waals surface area contributed by atoms with E-state index in [9.17, 15) is 4.79 Å². The molecule has 1 aromatic rings. The van der Waals surface area contributed by atoms with Gasteiger partial charge in [0.25, 0.3) is 0 Å². The van der Waals surface area contributed by atoms with Crippen LogP contribution in [0.1, 0.15) is 66.6 Å². The van der Waals surface area contributed by atoms with Gasteiger partial charge in [0.05, 0.1) is 5.69 Å². The van der Waals surface area contributed by atoms with Gasteiger partial charge in [-0.15, -0.1) is 0 Å². The van der Waals surface area contributed by atoms with Gasteiger partial charge in [-0.3, -0.25) is 9.78 Å². The fourth-order valence-corrected chi connectivity index (χ4v) is 2.05. The van der Waals surface area contributed by atoms with Crippen molar-refractivity contribution in [1.82, 2.24) is 4.98 Å². The molecule has 0 amide bonds. The summed E-state index contributed by atoms with van der Waals surface area (Å²) >= 11 is 0. The minimum Gasteiger partial charge on any atom is -0.298 e. The van der Waals surface area contributed by atoms with Crippen molar-refractivity contribution in [2.75, 3.05) is 0 Å². The molecule has 0 aromatic carbocycles. The summed E-state index contributed by atoms with van der Waals surface area (Å²) in [5, 5.41) is 0. The Kier molecular flexibility index (Phi) is 2.85. The molecule has 0 aliphatic heterocycles.